The zero-order valence-corrected chi connectivity index (χ0v) is 10.7. The molecule has 3 atom stereocenters. The molecule has 1 aliphatic rings. The van der Waals surface area contributed by atoms with Gasteiger partial charge >= 0.3 is 6.03 Å². The zero-order valence-electron chi connectivity index (χ0n) is 9.11. The highest BCUT2D eigenvalue weighted by Gasteiger charge is 2.43. The van der Waals surface area contributed by atoms with E-state index in [1.165, 1.54) is 4.90 Å². The number of imide groups is 1. The summed E-state index contributed by atoms with van der Waals surface area (Å²) in [5, 5.41) is 1.10. The van der Waals surface area contributed by atoms with Crippen LogP contribution in [-0.2, 0) is 4.79 Å². The molecule has 3 amide bonds. The van der Waals surface area contributed by atoms with E-state index in [0.29, 0.717) is 0 Å². The third-order valence-electron chi connectivity index (χ3n) is 2.79. The van der Waals surface area contributed by atoms with Crippen LogP contribution >= 0.6 is 15.9 Å². The number of carbonyl (C=O) groups excluding carboxylic acids is 2. The molecule has 0 saturated carbocycles. The number of amides is 3. The minimum Gasteiger partial charge on any atom is -0.273 e. The second-order valence-electron chi connectivity index (χ2n) is 3.80. The quantitative estimate of drug-likeness (QED) is 0.467. The van der Waals surface area contributed by atoms with E-state index in [1.807, 2.05) is 13.8 Å². The SMILES string of the molecule is CCC(C)N1C(=O)C(Br)C(C)N(N)C1=O. The normalized spacial score (nSPS) is 29.7. The van der Waals surface area contributed by atoms with Crippen molar-refractivity contribution in [1.29, 1.82) is 0 Å². The molecule has 1 rings (SSSR count). The van der Waals surface area contributed by atoms with Gasteiger partial charge in [-0.3, -0.25) is 14.7 Å². The molecule has 6 heteroatoms. The van der Waals surface area contributed by atoms with E-state index in [4.69, 9.17) is 5.84 Å². The predicted molar refractivity (Wildman–Crippen MR) is 60.2 cm³/mol. The molecule has 2 N–H and O–H groups in total. The summed E-state index contributed by atoms with van der Waals surface area (Å²) in [5.74, 6) is 5.41. The second kappa shape index (κ2) is 4.49. The Bertz CT molecular complexity index is 263. The van der Waals surface area contributed by atoms with E-state index in [2.05, 4.69) is 15.9 Å². The summed E-state index contributed by atoms with van der Waals surface area (Å²) in [6.07, 6.45) is 0.722. The highest BCUT2D eigenvalue weighted by Crippen LogP contribution is 2.23. The molecule has 0 aromatic heterocycles. The summed E-state index contributed by atoms with van der Waals surface area (Å²) < 4.78 is 0. The van der Waals surface area contributed by atoms with Crippen LogP contribution in [0.1, 0.15) is 27.2 Å². The Labute approximate surface area is 97.7 Å². The van der Waals surface area contributed by atoms with Gasteiger partial charge in [-0.1, -0.05) is 22.9 Å². The molecular formula is C9H16BrN3O2. The average molecular weight is 278 g/mol. The largest absolute Gasteiger partial charge is 0.341 e. The van der Waals surface area contributed by atoms with E-state index in [1.54, 1.807) is 6.92 Å². The van der Waals surface area contributed by atoms with Gasteiger partial charge in [0.05, 0.1) is 6.04 Å². The highest BCUT2D eigenvalue weighted by molar-refractivity contribution is 9.10. The Kier molecular flexibility index (Phi) is 3.72. The standard InChI is InChI=1S/C9H16BrN3O2/c1-4-5(2)12-8(14)7(10)6(3)13(11)9(12)15/h5-7H,4,11H2,1-3H3. The molecule has 1 aliphatic heterocycles. The van der Waals surface area contributed by atoms with E-state index < -0.39 is 10.9 Å². The maximum absolute atomic E-state index is 11.9. The Balaban J connectivity index is 2.97. The molecule has 0 aliphatic carbocycles. The molecule has 0 radical (unpaired) electrons. The van der Waals surface area contributed by atoms with Gasteiger partial charge in [-0.25, -0.2) is 10.6 Å². The van der Waals surface area contributed by atoms with E-state index in [0.717, 1.165) is 11.4 Å². The number of rotatable bonds is 2. The van der Waals surface area contributed by atoms with Gasteiger partial charge in [0.15, 0.2) is 0 Å². The highest BCUT2D eigenvalue weighted by atomic mass is 79.9. The number of hydrogen-bond donors (Lipinski definition) is 1. The van der Waals surface area contributed by atoms with Crippen LogP contribution in [0.2, 0.25) is 0 Å². The van der Waals surface area contributed by atoms with Crippen molar-refractivity contribution in [2.24, 2.45) is 5.84 Å². The van der Waals surface area contributed by atoms with Gasteiger partial charge in [0.25, 0.3) is 0 Å². The van der Waals surface area contributed by atoms with E-state index >= 15 is 0 Å². The number of carbonyl (C=O) groups is 2. The molecule has 86 valence electrons. The van der Waals surface area contributed by atoms with Gasteiger partial charge in [-0.05, 0) is 20.3 Å². The number of nitrogens with zero attached hydrogens (tertiary/aromatic N) is 2. The van der Waals surface area contributed by atoms with Crippen LogP contribution in [0.4, 0.5) is 4.79 Å². The van der Waals surface area contributed by atoms with Gasteiger partial charge in [-0.2, -0.15) is 0 Å². The van der Waals surface area contributed by atoms with E-state index in [-0.39, 0.29) is 18.0 Å². The first-order valence-corrected chi connectivity index (χ1v) is 5.88. The first-order chi connectivity index (χ1) is 6.91. The maximum atomic E-state index is 11.9. The van der Waals surface area contributed by atoms with E-state index in [9.17, 15) is 9.59 Å². The number of urea groups is 1. The fourth-order valence-corrected chi connectivity index (χ4v) is 1.94. The van der Waals surface area contributed by atoms with Crippen molar-refractivity contribution in [2.45, 2.75) is 44.1 Å². The molecule has 1 fully saturated rings. The van der Waals surface area contributed by atoms with Crippen LogP contribution in [0.5, 0.6) is 0 Å². The number of hydrogen-bond acceptors (Lipinski definition) is 3. The Morgan fingerprint density at radius 2 is 2.07 bits per heavy atom. The van der Waals surface area contributed by atoms with Crippen molar-refractivity contribution >= 4 is 27.9 Å². The number of nitrogens with two attached hydrogens (primary N) is 1. The number of hydrazine groups is 1. The summed E-state index contributed by atoms with van der Waals surface area (Å²) in [6.45, 7) is 5.50. The first-order valence-electron chi connectivity index (χ1n) is 4.96. The lowest BCUT2D eigenvalue weighted by Crippen LogP contribution is -2.65. The van der Waals surface area contributed by atoms with Crippen LogP contribution in [-0.4, -0.2) is 38.8 Å². The van der Waals surface area contributed by atoms with Crippen molar-refractivity contribution < 1.29 is 9.59 Å². The molecular weight excluding hydrogens is 262 g/mol. The molecule has 15 heavy (non-hydrogen) atoms. The molecule has 1 saturated heterocycles. The first kappa shape index (κ1) is 12.4. The smallest absolute Gasteiger partial charge is 0.273 e. The van der Waals surface area contributed by atoms with Gasteiger partial charge in [0, 0.05) is 6.04 Å². The monoisotopic (exact) mass is 277 g/mol. The zero-order chi connectivity index (χ0) is 11.7. The van der Waals surface area contributed by atoms with Crippen molar-refractivity contribution in [3.8, 4) is 0 Å². The Morgan fingerprint density at radius 3 is 2.53 bits per heavy atom. The average Bonchev–Trinajstić information content (AvgIpc) is 2.23. The maximum Gasteiger partial charge on any atom is 0.341 e. The van der Waals surface area contributed by atoms with Crippen LogP contribution in [0.25, 0.3) is 0 Å². The fraction of sp³-hybridized carbons (Fsp3) is 0.778. The lowest BCUT2D eigenvalue weighted by Gasteiger charge is -2.41. The molecule has 5 nitrogen and oxygen atoms in total. The molecule has 3 unspecified atom stereocenters. The summed E-state index contributed by atoms with van der Waals surface area (Å²) in [4.78, 5) is 24.4. The lowest BCUT2D eigenvalue weighted by molar-refractivity contribution is -0.133. The Morgan fingerprint density at radius 1 is 1.53 bits per heavy atom. The van der Waals surface area contributed by atoms with Crippen LogP contribution in [0.3, 0.4) is 0 Å². The van der Waals surface area contributed by atoms with Gasteiger partial charge in [-0.15, -0.1) is 0 Å². The van der Waals surface area contributed by atoms with Gasteiger partial charge in [0.1, 0.15) is 4.83 Å². The third kappa shape index (κ3) is 2.01. The van der Waals surface area contributed by atoms with Gasteiger partial charge < -0.3 is 0 Å². The molecule has 0 bridgehead atoms. The lowest BCUT2D eigenvalue weighted by atomic mass is 10.1. The fourth-order valence-electron chi connectivity index (χ4n) is 1.46. The van der Waals surface area contributed by atoms with Crippen molar-refractivity contribution in [1.82, 2.24) is 9.91 Å². The summed E-state index contributed by atoms with van der Waals surface area (Å²) >= 11 is 3.26. The summed E-state index contributed by atoms with van der Waals surface area (Å²) in [7, 11) is 0. The topological polar surface area (TPSA) is 66.6 Å². The molecule has 0 spiro atoms. The van der Waals surface area contributed by atoms with Gasteiger partial charge in [0.2, 0.25) is 5.91 Å². The van der Waals surface area contributed by atoms with Crippen molar-refractivity contribution in [3.63, 3.8) is 0 Å². The number of halogens is 1. The van der Waals surface area contributed by atoms with Crippen LogP contribution in [0.15, 0.2) is 0 Å². The molecule has 1 heterocycles. The Hall–Kier alpha value is -0.620. The van der Waals surface area contributed by atoms with Crippen molar-refractivity contribution in [3.05, 3.63) is 0 Å². The molecule has 0 aromatic carbocycles. The summed E-state index contributed by atoms with van der Waals surface area (Å²) in [5.41, 5.74) is 0. The molecule has 0 aromatic rings. The minimum atomic E-state index is -0.422. The minimum absolute atomic E-state index is 0.122. The predicted octanol–water partition coefficient (Wildman–Crippen LogP) is 1.07. The van der Waals surface area contributed by atoms with Crippen molar-refractivity contribution in [2.75, 3.05) is 0 Å². The van der Waals surface area contributed by atoms with Crippen LogP contribution < -0.4 is 5.84 Å². The van der Waals surface area contributed by atoms with Crippen LogP contribution in [0, 0.1) is 0 Å². The second-order valence-corrected chi connectivity index (χ2v) is 4.78. The number of alkyl halides is 1. The summed E-state index contributed by atoms with van der Waals surface area (Å²) in [6, 6.07) is -0.855. The third-order valence-corrected chi connectivity index (χ3v) is 3.95.